The molecule has 0 spiro atoms. The molecule has 17 heavy (non-hydrogen) atoms. The summed E-state index contributed by atoms with van der Waals surface area (Å²) in [4.78, 5) is 6.53. The van der Waals surface area contributed by atoms with Gasteiger partial charge in [-0.3, -0.25) is 0 Å². The molecule has 1 aromatic rings. The van der Waals surface area contributed by atoms with E-state index < -0.39 is 0 Å². The van der Waals surface area contributed by atoms with Gasteiger partial charge in [0.05, 0.1) is 11.9 Å². The average Bonchev–Trinajstić information content (AvgIpc) is 2.13. The third-order valence-electron chi connectivity index (χ3n) is 2.98. The smallest absolute Gasteiger partial charge is 0.123 e. The number of nitrogen functional groups attached to an aromatic ring is 1. The summed E-state index contributed by atoms with van der Waals surface area (Å²) in [5, 5.41) is 3.86. The molecular weight excluding hydrogens is 207 g/mol. The summed E-state index contributed by atoms with van der Waals surface area (Å²) in [6.45, 7) is 1.95. The number of nitrogens with two attached hydrogens (primary N) is 1. The molecule has 2 rings (SSSR count). The van der Waals surface area contributed by atoms with E-state index in [0.717, 1.165) is 18.8 Å². The van der Waals surface area contributed by atoms with Crippen molar-refractivity contribution in [1.29, 1.82) is 0 Å². The van der Waals surface area contributed by atoms with Crippen LogP contribution in [0.25, 0.3) is 0 Å². The molecular formula is C9H18B4N4. The molecule has 1 aliphatic rings. The quantitative estimate of drug-likeness (QED) is 0.478. The summed E-state index contributed by atoms with van der Waals surface area (Å²) < 4.78 is 0. The second-order valence-electron chi connectivity index (χ2n) is 6.19. The second kappa shape index (κ2) is 4.02. The van der Waals surface area contributed by atoms with Crippen LogP contribution < -0.4 is 16.0 Å². The van der Waals surface area contributed by atoms with Crippen LogP contribution in [0.1, 0.15) is 0 Å². The van der Waals surface area contributed by atoms with Gasteiger partial charge in [0.25, 0.3) is 0 Å². The van der Waals surface area contributed by atoms with Crippen molar-refractivity contribution in [2.45, 2.75) is 10.7 Å². The monoisotopic (exact) mass is 226 g/mol. The van der Waals surface area contributed by atoms with E-state index in [1.165, 1.54) is 0 Å². The summed E-state index contributed by atoms with van der Waals surface area (Å²) in [5.41, 5.74) is 6.76. The first-order valence-electron chi connectivity index (χ1n) is 6.03. The Balaban J connectivity index is 2.24. The summed E-state index contributed by atoms with van der Waals surface area (Å²) in [7, 11) is 8.91. The topological polar surface area (TPSA) is 54.2 Å². The Morgan fingerprint density at radius 1 is 1.18 bits per heavy atom. The molecule has 2 heterocycles. The zero-order valence-corrected chi connectivity index (χ0v) is 11.1. The Labute approximate surface area is 106 Å². The number of anilines is 2. The normalized spacial score (nSPS) is 22.2. The largest absolute Gasteiger partial charge is 0.384 e. The zero-order chi connectivity index (χ0) is 12.7. The van der Waals surface area contributed by atoms with Gasteiger partial charge < -0.3 is 16.0 Å². The Morgan fingerprint density at radius 3 is 2.24 bits per heavy atom. The van der Waals surface area contributed by atoms with E-state index in [1.54, 1.807) is 0 Å². The van der Waals surface area contributed by atoms with Crippen LogP contribution in [-0.2, 0) is 0 Å². The maximum Gasteiger partial charge on any atom is 0.123 e. The zero-order valence-electron chi connectivity index (χ0n) is 11.1. The predicted octanol–water partition coefficient (Wildman–Crippen LogP) is -4.09. The van der Waals surface area contributed by atoms with Crippen molar-refractivity contribution in [2.24, 2.45) is 0 Å². The molecule has 0 aliphatic carbocycles. The van der Waals surface area contributed by atoms with Crippen molar-refractivity contribution in [3.05, 3.63) is 18.3 Å². The van der Waals surface area contributed by atoms with Gasteiger partial charge in [0.2, 0.25) is 0 Å². The lowest BCUT2D eigenvalue weighted by molar-refractivity contribution is 0.447. The Hall–Kier alpha value is -1.03. The first kappa shape index (κ1) is 12.4. The van der Waals surface area contributed by atoms with E-state index in [2.05, 4.69) is 46.6 Å². The van der Waals surface area contributed by atoms with Crippen LogP contribution in [0.5, 0.6) is 0 Å². The number of rotatable bonds is 1. The molecule has 0 radical (unpaired) electrons. The fourth-order valence-corrected chi connectivity index (χ4v) is 2.77. The van der Waals surface area contributed by atoms with Crippen molar-refractivity contribution in [2.75, 3.05) is 23.7 Å². The molecule has 0 saturated carbocycles. The minimum atomic E-state index is 0.100. The summed E-state index contributed by atoms with van der Waals surface area (Å²) in [6, 6.07) is 3.90. The van der Waals surface area contributed by atoms with E-state index in [-0.39, 0.29) is 10.7 Å². The van der Waals surface area contributed by atoms with Crippen LogP contribution in [0.3, 0.4) is 0 Å². The van der Waals surface area contributed by atoms with E-state index in [1.807, 2.05) is 18.3 Å². The van der Waals surface area contributed by atoms with Crippen molar-refractivity contribution in [3.8, 4) is 0 Å². The Bertz CT molecular complexity index is 390. The molecule has 8 heteroatoms. The standard InChI is InChI=1S/C9H18B4N4/c10-8(11)4-17(5-9(12,13)16-8)6-1-2-7(14)15-3-6/h1-3,16H,4-5,10-13H2,(H2,14,15). The maximum atomic E-state index is 5.62. The lowest BCUT2D eigenvalue weighted by atomic mass is 9.52. The number of nitrogens with zero attached hydrogens (tertiary/aromatic N) is 2. The van der Waals surface area contributed by atoms with E-state index in [0.29, 0.717) is 5.82 Å². The van der Waals surface area contributed by atoms with Crippen molar-refractivity contribution in [1.82, 2.24) is 10.3 Å². The van der Waals surface area contributed by atoms with Crippen LogP contribution in [-0.4, -0.2) is 60.1 Å². The lowest BCUT2D eigenvalue weighted by Crippen LogP contribution is -2.73. The van der Waals surface area contributed by atoms with Crippen LogP contribution in [0.15, 0.2) is 18.3 Å². The fraction of sp³-hybridized carbons (Fsp3) is 0.444. The average molecular weight is 226 g/mol. The summed E-state index contributed by atoms with van der Waals surface area (Å²) in [6.07, 6.45) is 1.85. The van der Waals surface area contributed by atoms with E-state index >= 15 is 0 Å². The van der Waals surface area contributed by atoms with Crippen LogP contribution in [0, 0.1) is 0 Å². The fourth-order valence-electron chi connectivity index (χ4n) is 2.77. The number of hydrogen-bond donors (Lipinski definition) is 2. The van der Waals surface area contributed by atoms with Crippen LogP contribution >= 0.6 is 0 Å². The summed E-state index contributed by atoms with van der Waals surface area (Å²) in [5.74, 6) is 0.572. The molecule has 1 fully saturated rings. The molecule has 1 aliphatic heterocycles. The molecule has 0 amide bonds. The lowest BCUT2D eigenvalue weighted by Gasteiger charge is -2.50. The van der Waals surface area contributed by atoms with Gasteiger partial charge in [-0.25, -0.2) is 4.98 Å². The van der Waals surface area contributed by atoms with Crippen LogP contribution in [0.4, 0.5) is 11.5 Å². The first-order chi connectivity index (χ1) is 7.77. The van der Waals surface area contributed by atoms with Crippen molar-refractivity contribution in [3.63, 3.8) is 0 Å². The minimum Gasteiger partial charge on any atom is -0.384 e. The first-order valence-corrected chi connectivity index (χ1v) is 6.03. The molecule has 0 bridgehead atoms. The third-order valence-corrected chi connectivity index (χ3v) is 2.98. The van der Waals surface area contributed by atoms with Crippen molar-refractivity contribution >= 4 is 42.9 Å². The highest BCUT2D eigenvalue weighted by Gasteiger charge is 2.36. The number of nitrogens with one attached hydrogen (secondary N) is 1. The molecule has 1 saturated heterocycles. The Kier molecular flexibility index (Phi) is 2.94. The molecule has 0 aromatic carbocycles. The van der Waals surface area contributed by atoms with Gasteiger partial charge in [-0.2, -0.15) is 0 Å². The van der Waals surface area contributed by atoms with Gasteiger partial charge in [-0.1, -0.05) is 0 Å². The van der Waals surface area contributed by atoms with E-state index in [4.69, 9.17) is 5.73 Å². The summed E-state index contributed by atoms with van der Waals surface area (Å²) >= 11 is 0. The second-order valence-corrected chi connectivity index (χ2v) is 6.19. The molecule has 0 unspecified atom stereocenters. The van der Waals surface area contributed by atoms with Gasteiger partial charge in [0, 0.05) is 13.1 Å². The molecule has 0 atom stereocenters. The van der Waals surface area contributed by atoms with E-state index in [9.17, 15) is 0 Å². The third kappa shape index (κ3) is 3.00. The van der Waals surface area contributed by atoms with Gasteiger partial charge in [-0.05, 0) is 22.8 Å². The highest BCUT2D eigenvalue weighted by molar-refractivity contribution is 6.45. The molecule has 3 N–H and O–H groups in total. The highest BCUT2D eigenvalue weighted by Crippen LogP contribution is 2.21. The van der Waals surface area contributed by atoms with Gasteiger partial charge in [0.15, 0.2) is 0 Å². The molecule has 86 valence electrons. The predicted molar refractivity (Wildman–Crippen MR) is 83.6 cm³/mol. The SMILES string of the molecule is BC1(B)CN(c2ccc(N)nc2)CC(B)(B)N1. The highest BCUT2D eigenvalue weighted by atomic mass is 15.2. The van der Waals surface area contributed by atoms with Crippen LogP contribution in [0.2, 0.25) is 0 Å². The molecule has 1 aromatic heterocycles. The van der Waals surface area contributed by atoms with Crippen molar-refractivity contribution < 1.29 is 0 Å². The van der Waals surface area contributed by atoms with Gasteiger partial charge in [-0.15, -0.1) is 0 Å². The molecule has 4 nitrogen and oxygen atoms in total. The number of pyridine rings is 1. The van der Waals surface area contributed by atoms with Gasteiger partial charge in [0.1, 0.15) is 37.2 Å². The minimum absolute atomic E-state index is 0.100. The number of aromatic nitrogens is 1. The number of piperazine rings is 1. The Morgan fingerprint density at radius 2 is 1.76 bits per heavy atom. The number of hydrogen-bond acceptors (Lipinski definition) is 4. The van der Waals surface area contributed by atoms with Gasteiger partial charge >= 0.3 is 0 Å². The maximum absolute atomic E-state index is 5.62.